The number of carbonyl (C=O) groups is 2. The molecule has 0 fully saturated rings. The molecule has 3 aromatic rings. The van der Waals surface area contributed by atoms with Crippen molar-refractivity contribution in [2.24, 2.45) is 5.41 Å². The Kier molecular flexibility index (Phi) is 5.73. The highest BCUT2D eigenvalue weighted by molar-refractivity contribution is 5.97. The van der Waals surface area contributed by atoms with Gasteiger partial charge in [-0.2, -0.15) is 5.10 Å². The second kappa shape index (κ2) is 8.38. The van der Waals surface area contributed by atoms with Crippen molar-refractivity contribution in [1.82, 2.24) is 14.3 Å². The lowest BCUT2D eigenvalue weighted by Crippen LogP contribution is -2.35. The van der Waals surface area contributed by atoms with Gasteiger partial charge in [0, 0.05) is 17.6 Å². The van der Waals surface area contributed by atoms with Crippen LogP contribution in [0.2, 0.25) is 0 Å². The van der Waals surface area contributed by atoms with Crippen molar-refractivity contribution >= 4 is 22.8 Å². The van der Waals surface area contributed by atoms with Crippen molar-refractivity contribution in [3.05, 3.63) is 46.2 Å². The Balaban J connectivity index is 1.92. The second-order valence-electron chi connectivity index (χ2n) is 8.99. The number of aromatic nitrogens is 3. The molecule has 9 nitrogen and oxygen atoms in total. The van der Waals surface area contributed by atoms with E-state index in [1.54, 1.807) is 19.2 Å². The fourth-order valence-corrected chi connectivity index (χ4v) is 4.14. The normalized spacial score (nSPS) is 15.0. The molecule has 1 aliphatic heterocycles. The van der Waals surface area contributed by atoms with Gasteiger partial charge in [-0.05, 0) is 18.4 Å². The van der Waals surface area contributed by atoms with Gasteiger partial charge in [-0.25, -0.2) is 9.59 Å². The van der Waals surface area contributed by atoms with Crippen LogP contribution in [0.4, 0.5) is 0 Å². The van der Waals surface area contributed by atoms with Gasteiger partial charge in [-0.15, -0.1) is 0 Å². The largest absolute Gasteiger partial charge is 0.480 e. The van der Waals surface area contributed by atoms with Crippen molar-refractivity contribution in [3.8, 4) is 17.1 Å². The number of benzene rings is 1. The third kappa shape index (κ3) is 3.99. The molecule has 1 atom stereocenters. The first-order valence-corrected chi connectivity index (χ1v) is 10.8. The molecule has 0 aliphatic carbocycles. The third-order valence-corrected chi connectivity index (χ3v) is 5.81. The maximum atomic E-state index is 12.9. The quantitative estimate of drug-likeness (QED) is 0.547. The lowest BCUT2D eigenvalue weighted by molar-refractivity contribution is -0.142. The number of hydrogen-bond acceptors (Lipinski definition) is 7. The van der Waals surface area contributed by atoms with Gasteiger partial charge < -0.3 is 18.8 Å². The van der Waals surface area contributed by atoms with E-state index in [4.69, 9.17) is 14.6 Å². The van der Waals surface area contributed by atoms with E-state index in [9.17, 15) is 14.4 Å². The average Bonchev–Trinajstić information content (AvgIpc) is 3.15. The van der Waals surface area contributed by atoms with Gasteiger partial charge in [0.05, 0.1) is 37.7 Å². The van der Waals surface area contributed by atoms with Gasteiger partial charge in [0.2, 0.25) is 0 Å². The average molecular weight is 453 g/mol. The van der Waals surface area contributed by atoms with Crippen molar-refractivity contribution in [2.45, 2.75) is 40.3 Å². The minimum Gasteiger partial charge on any atom is -0.480 e. The van der Waals surface area contributed by atoms with Crippen molar-refractivity contribution < 1.29 is 23.8 Å². The molecule has 0 saturated heterocycles. The minimum atomic E-state index is -0.632. The van der Waals surface area contributed by atoms with Crippen LogP contribution in [-0.4, -0.2) is 46.6 Å². The zero-order valence-corrected chi connectivity index (χ0v) is 19.4. The number of fused-ring (bicyclic) bond motifs is 5. The molecule has 1 unspecified atom stereocenters. The summed E-state index contributed by atoms with van der Waals surface area (Å²) < 4.78 is 19.2. The molecule has 0 radical (unpaired) electrons. The van der Waals surface area contributed by atoms with E-state index in [1.165, 1.54) is 13.2 Å². The highest BCUT2D eigenvalue weighted by atomic mass is 16.6. The van der Waals surface area contributed by atoms with Crippen LogP contribution >= 0.6 is 0 Å². The van der Waals surface area contributed by atoms with E-state index >= 15 is 0 Å². The van der Waals surface area contributed by atoms with Gasteiger partial charge in [0.15, 0.2) is 12.0 Å². The summed E-state index contributed by atoms with van der Waals surface area (Å²) in [5.41, 5.74) is 1.39. The Bertz CT molecular complexity index is 1300. The molecule has 2 aromatic heterocycles. The van der Waals surface area contributed by atoms with Crippen LogP contribution in [0.25, 0.3) is 22.3 Å². The molecule has 1 aromatic carbocycles. The van der Waals surface area contributed by atoms with Crippen LogP contribution < -0.4 is 10.2 Å². The first kappa shape index (κ1) is 22.6. The number of methoxy groups -OCH3 is 1. The Morgan fingerprint density at radius 3 is 2.67 bits per heavy atom. The maximum absolute atomic E-state index is 12.9. The molecule has 33 heavy (non-hydrogen) atoms. The molecule has 0 spiro atoms. The summed E-state index contributed by atoms with van der Waals surface area (Å²) in [6.07, 6.45) is 1.60. The molecular formula is C24H27N3O6. The van der Waals surface area contributed by atoms with E-state index in [0.29, 0.717) is 23.5 Å². The Morgan fingerprint density at radius 2 is 2.00 bits per heavy atom. The Labute approximate surface area is 190 Å². The van der Waals surface area contributed by atoms with E-state index in [0.717, 1.165) is 11.1 Å². The van der Waals surface area contributed by atoms with Gasteiger partial charge in [0.25, 0.3) is 0 Å². The van der Waals surface area contributed by atoms with Crippen LogP contribution in [0, 0.1) is 5.41 Å². The van der Waals surface area contributed by atoms with Crippen LogP contribution in [0.3, 0.4) is 0 Å². The second-order valence-corrected chi connectivity index (χ2v) is 8.99. The predicted molar refractivity (Wildman–Crippen MR) is 121 cm³/mol. The first-order chi connectivity index (χ1) is 15.7. The summed E-state index contributed by atoms with van der Waals surface area (Å²) in [6.45, 7) is 8.49. The SMILES string of the molecule is CCOC(=O)c1cn2c(cc1=O)-c1c3cccc(OCC(=O)OC)c3nn1CC2C(C)(C)C. The smallest absolute Gasteiger partial charge is 0.343 e. The van der Waals surface area contributed by atoms with E-state index in [-0.39, 0.29) is 30.2 Å². The topological polar surface area (TPSA) is 102 Å². The number of nitrogens with zero attached hydrogens (tertiary/aromatic N) is 3. The van der Waals surface area contributed by atoms with Gasteiger partial charge in [-0.1, -0.05) is 32.9 Å². The fraction of sp³-hybridized carbons (Fsp3) is 0.417. The summed E-state index contributed by atoms with van der Waals surface area (Å²) in [6, 6.07) is 6.83. The summed E-state index contributed by atoms with van der Waals surface area (Å²) in [5.74, 6) is -0.677. The monoisotopic (exact) mass is 453 g/mol. The minimum absolute atomic E-state index is 0.00854. The fourth-order valence-electron chi connectivity index (χ4n) is 4.14. The third-order valence-electron chi connectivity index (χ3n) is 5.81. The molecular weight excluding hydrogens is 426 g/mol. The Morgan fingerprint density at radius 1 is 1.24 bits per heavy atom. The van der Waals surface area contributed by atoms with Crippen LogP contribution in [0.5, 0.6) is 5.75 Å². The van der Waals surface area contributed by atoms with E-state index in [1.807, 2.05) is 21.4 Å². The molecule has 174 valence electrons. The molecule has 4 rings (SSSR count). The molecule has 0 N–H and O–H groups in total. The van der Waals surface area contributed by atoms with Crippen molar-refractivity contribution in [3.63, 3.8) is 0 Å². The van der Waals surface area contributed by atoms with E-state index < -0.39 is 17.4 Å². The number of ether oxygens (including phenoxy) is 3. The molecule has 0 bridgehead atoms. The standard InChI is InChI=1S/C24H27N3O6/c1-6-32-23(30)15-11-26-16(10-17(15)28)22-14-8-7-9-18(33-13-20(29)31-5)21(14)25-27(22)12-19(26)24(2,3)4/h7-11,19H,6,12-13H2,1-5H3. The predicted octanol–water partition coefficient (Wildman–Crippen LogP) is 3.19. The first-order valence-electron chi connectivity index (χ1n) is 10.8. The zero-order chi connectivity index (χ0) is 23.9. The number of carbonyl (C=O) groups excluding carboxylic acids is 2. The summed E-state index contributed by atoms with van der Waals surface area (Å²) in [4.78, 5) is 36.8. The highest BCUT2D eigenvalue weighted by Crippen LogP contribution is 2.43. The number of esters is 2. The lowest BCUT2D eigenvalue weighted by Gasteiger charge is -2.38. The molecule has 1 aliphatic rings. The summed E-state index contributed by atoms with van der Waals surface area (Å²) in [7, 11) is 1.30. The lowest BCUT2D eigenvalue weighted by atomic mass is 9.85. The van der Waals surface area contributed by atoms with Crippen LogP contribution in [-0.2, 0) is 20.8 Å². The number of hydrogen-bond donors (Lipinski definition) is 0. The molecule has 0 amide bonds. The number of rotatable bonds is 5. The summed E-state index contributed by atoms with van der Waals surface area (Å²) in [5, 5.41) is 5.55. The molecule has 0 saturated carbocycles. The van der Waals surface area contributed by atoms with Gasteiger partial charge in [0.1, 0.15) is 16.8 Å². The molecule has 9 heteroatoms. The highest BCUT2D eigenvalue weighted by Gasteiger charge is 2.35. The van der Waals surface area contributed by atoms with Crippen LogP contribution in [0.1, 0.15) is 44.1 Å². The van der Waals surface area contributed by atoms with Gasteiger partial charge >= 0.3 is 11.9 Å². The van der Waals surface area contributed by atoms with Gasteiger partial charge in [-0.3, -0.25) is 9.48 Å². The zero-order valence-electron chi connectivity index (χ0n) is 19.4. The number of pyridine rings is 1. The van der Waals surface area contributed by atoms with Crippen LogP contribution in [0.15, 0.2) is 35.3 Å². The maximum Gasteiger partial charge on any atom is 0.343 e. The van der Waals surface area contributed by atoms with Crippen molar-refractivity contribution in [1.29, 1.82) is 0 Å². The van der Waals surface area contributed by atoms with E-state index in [2.05, 4.69) is 25.5 Å². The Hall–Kier alpha value is -3.62. The summed E-state index contributed by atoms with van der Waals surface area (Å²) >= 11 is 0. The van der Waals surface area contributed by atoms with Crippen molar-refractivity contribution in [2.75, 3.05) is 20.3 Å². The molecule has 3 heterocycles.